The van der Waals surface area contributed by atoms with Gasteiger partial charge in [0.1, 0.15) is 0 Å². The van der Waals surface area contributed by atoms with Gasteiger partial charge in [-0.1, -0.05) is 13.8 Å². The van der Waals surface area contributed by atoms with Crippen LogP contribution in [-0.4, -0.2) is 41.1 Å². The smallest absolute Gasteiger partial charge is 0.224 e. The standard InChI is InChI=1S/C11H22N2O2/c1-8(2)10(12)7-11(15)13(5-6-14)9-3-4-9/h8-10,14H,3-7,12H2,1-2H3. The van der Waals surface area contributed by atoms with Crippen LogP contribution < -0.4 is 5.73 Å². The molecule has 0 saturated heterocycles. The molecule has 0 aromatic rings. The molecule has 1 rings (SSSR count). The van der Waals surface area contributed by atoms with Crippen LogP contribution >= 0.6 is 0 Å². The third-order valence-corrected chi connectivity index (χ3v) is 2.92. The average molecular weight is 214 g/mol. The topological polar surface area (TPSA) is 66.6 Å². The molecule has 1 atom stereocenters. The van der Waals surface area contributed by atoms with E-state index in [9.17, 15) is 4.79 Å². The number of hydrogen-bond acceptors (Lipinski definition) is 3. The molecule has 1 amide bonds. The molecule has 1 aliphatic rings. The summed E-state index contributed by atoms with van der Waals surface area (Å²) in [6.07, 6.45) is 2.54. The van der Waals surface area contributed by atoms with Crippen molar-refractivity contribution in [2.75, 3.05) is 13.2 Å². The molecule has 1 fully saturated rings. The summed E-state index contributed by atoms with van der Waals surface area (Å²) in [7, 11) is 0. The van der Waals surface area contributed by atoms with Crippen LogP contribution in [0.2, 0.25) is 0 Å². The first-order chi connectivity index (χ1) is 7.06. The van der Waals surface area contributed by atoms with Crippen LogP contribution in [0.3, 0.4) is 0 Å². The fourth-order valence-electron chi connectivity index (χ4n) is 1.56. The molecule has 88 valence electrons. The summed E-state index contributed by atoms with van der Waals surface area (Å²) in [6.45, 7) is 4.53. The largest absolute Gasteiger partial charge is 0.395 e. The maximum absolute atomic E-state index is 11.9. The highest BCUT2D eigenvalue weighted by Gasteiger charge is 2.32. The maximum atomic E-state index is 11.9. The minimum Gasteiger partial charge on any atom is -0.395 e. The van der Waals surface area contributed by atoms with Gasteiger partial charge in [0.05, 0.1) is 6.61 Å². The number of nitrogens with zero attached hydrogens (tertiary/aromatic N) is 1. The van der Waals surface area contributed by atoms with E-state index in [1.807, 2.05) is 13.8 Å². The van der Waals surface area contributed by atoms with Gasteiger partial charge in [-0.25, -0.2) is 0 Å². The van der Waals surface area contributed by atoms with Gasteiger partial charge in [-0.2, -0.15) is 0 Å². The molecule has 3 N–H and O–H groups in total. The highest BCUT2D eigenvalue weighted by atomic mass is 16.3. The highest BCUT2D eigenvalue weighted by Crippen LogP contribution is 2.27. The molecule has 0 bridgehead atoms. The van der Waals surface area contributed by atoms with E-state index in [0.717, 1.165) is 12.8 Å². The first kappa shape index (κ1) is 12.5. The van der Waals surface area contributed by atoms with Gasteiger partial charge >= 0.3 is 0 Å². The summed E-state index contributed by atoms with van der Waals surface area (Å²) in [4.78, 5) is 13.6. The molecule has 0 spiro atoms. The van der Waals surface area contributed by atoms with Crippen molar-refractivity contribution >= 4 is 5.91 Å². The Bertz CT molecular complexity index is 215. The molecule has 0 aliphatic heterocycles. The van der Waals surface area contributed by atoms with E-state index < -0.39 is 0 Å². The summed E-state index contributed by atoms with van der Waals surface area (Å²) in [5, 5.41) is 8.88. The first-order valence-electron chi connectivity index (χ1n) is 5.72. The predicted octanol–water partition coefficient (Wildman–Crippen LogP) is 0.343. The number of carbonyl (C=O) groups is 1. The van der Waals surface area contributed by atoms with Crippen LogP contribution in [0.4, 0.5) is 0 Å². The molecule has 0 radical (unpaired) electrons. The molecular formula is C11H22N2O2. The van der Waals surface area contributed by atoms with Gasteiger partial charge in [0.15, 0.2) is 0 Å². The molecule has 0 aromatic heterocycles. The number of rotatable bonds is 6. The normalized spacial score (nSPS) is 17.9. The maximum Gasteiger partial charge on any atom is 0.224 e. The van der Waals surface area contributed by atoms with Gasteiger partial charge in [0.25, 0.3) is 0 Å². The molecule has 0 heterocycles. The number of aliphatic hydroxyl groups is 1. The minimum absolute atomic E-state index is 0.0408. The fraction of sp³-hybridized carbons (Fsp3) is 0.909. The third-order valence-electron chi connectivity index (χ3n) is 2.92. The van der Waals surface area contributed by atoms with Gasteiger partial charge in [0, 0.05) is 25.0 Å². The predicted molar refractivity (Wildman–Crippen MR) is 59.3 cm³/mol. The van der Waals surface area contributed by atoms with Crippen molar-refractivity contribution < 1.29 is 9.90 Å². The lowest BCUT2D eigenvalue weighted by molar-refractivity contribution is -0.132. The van der Waals surface area contributed by atoms with Gasteiger partial charge in [-0.3, -0.25) is 4.79 Å². The fourth-order valence-corrected chi connectivity index (χ4v) is 1.56. The minimum atomic E-state index is -0.0718. The van der Waals surface area contributed by atoms with Crippen molar-refractivity contribution in [1.82, 2.24) is 4.90 Å². The van der Waals surface area contributed by atoms with Crippen LogP contribution in [-0.2, 0) is 4.79 Å². The van der Waals surface area contributed by atoms with E-state index in [-0.39, 0.29) is 18.6 Å². The average Bonchev–Trinajstić information content (AvgIpc) is 2.97. The Hall–Kier alpha value is -0.610. The molecule has 4 nitrogen and oxygen atoms in total. The lowest BCUT2D eigenvalue weighted by Crippen LogP contribution is -2.40. The number of nitrogens with two attached hydrogens (primary N) is 1. The summed E-state index contributed by atoms with van der Waals surface area (Å²) in [6, 6.07) is 0.293. The summed E-state index contributed by atoms with van der Waals surface area (Å²) < 4.78 is 0. The van der Waals surface area contributed by atoms with Crippen molar-refractivity contribution in [3.05, 3.63) is 0 Å². The van der Waals surface area contributed by atoms with E-state index in [0.29, 0.717) is 24.9 Å². The SMILES string of the molecule is CC(C)C(N)CC(=O)N(CCO)C1CC1. The second kappa shape index (κ2) is 5.47. The van der Waals surface area contributed by atoms with Crippen LogP contribution in [0.25, 0.3) is 0 Å². The number of amides is 1. The van der Waals surface area contributed by atoms with Crippen molar-refractivity contribution in [3.8, 4) is 0 Å². The van der Waals surface area contributed by atoms with Crippen molar-refractivity contribution in [3.63, 3.8) is 0 Å². The molecule has 1 unspecified atom stereocenters. The highest BCUT2D eigenvalue weighted by molar-refractivity contribution is 5.77. The third kappa shape index (κ3) is 3.80. The monoisotopic (exact) mass is 214 g/mol. The molecule has 1 aliphatic carbocycles. The van der Waals surface area contributed by atoms with Crippen LogP contribution in [0.5, 0.6) is 0 Å². The second-order valence-electron chi connectivity index (χ2n) is 4.65. The van der Waals surface area contributed by atoms with E-state index >= 15 is 0 Å². The zero-order chi connectivity index (χ0) is 11.4. The summed E-state index contributed by atoms with van der Waals surface area (Å²) in [5.41, 5.74) is 5.86. The molecule has 4 heteroatoms. The first-order valence-corrected chi connectivity index (χ1v) is 5.72. The van der Waals surface area contributed by atoms with Crippen LogP contribution in [0, 0.1) is 5.92 Å². The zero-order valence-electron chi connectivity index (χ0n) is 9.65. The number of carbonyl (C=O) groups excluding carboxylic acids is 1. The Kier molecular flexibility index (Phi) is 4.54. The lowest BCUT2D eigenvalue weighted by Gasteiger charge is -2.24. The van der Waals surface area contributed by atoms with Crippen LogP contribution in [0.1, 0.15) is 33.1 Å². The Balaban J connectivity index is 2.41. The van der Waals surface area contributed by atoms with Crippen molar-refractivity contribution in [2.24, 2.45) is 11.7 Å². The van der Waals surface area contributed by atoms with Gasteiger partial charge in [-0.15, -0.1) is 0 Å². The van der Waals surface area contributed by atoms with Crippen molar-refractivity contribution in [2.45, 2.75) is 45.2 Å². The number of aliphatic hydroxyl groups excluding tert-OH is 1. The molecule has 1 saturated carbocycles. The van der Waals surface area contributed by atoms with E-state index in [1.165, 1.54) is 0 Å². The second-order valence-corrected chi connectivity index (χ2v) is 4.65. The van der Waals surface area contributed by atoms with Crippen LogP contribution in [0.15, 0.2) is 0 Å². The van der Waals surface area contributed by atoms with E-state index in [1.54, 1.807) is 4.90 Å². The Morgan fingerprint density at radius 2 is 2.13 bits per heavy atom. The molecule has 15 heavy (non-hydrogen) atoms. The van der Waals surface area contributed by atoms with E-state index in [4.69, 9.17) is 10.8 Å². The van der Waals surface area contributed by atoms with Gasteiger partial charge in [-0.05, 0) is 18.8 Å². The van der Waals surface area contributed by atoms with Gasteiger partial charge < -0.3 is 15.7 Å². The quantitative estimate of drug-likeness (QED) is 0.670. The molecule has 0 aromatic carbocycles. The Morgan fingerprint density at radius 3 is 2.53 bits per heavy atom. The van der Waals surface area contributed by atoms with Gasteiger partial charge in [0.2, 0.25) is 5.91 Å². The molecular weight excluding hydrogens is 192 g/mol. The summed E-state index contributed by atoms with van der Waals surface area (Å²) in [5.74, 6) is 0.414. The lowest BCUT2D eigenvalue weighted by atomic mass is 10.0. The van der Waals surface area contributed by atoms with E-state index in [2.05, 4.69) is 0 Å². The zero-order valence-corrected chi connectivity index (χ0v) is 9.65. The summed E-state index contributed by atoms with van der Waals surface area (Å²) >= 11 is 0. The Labute approximate surface area is 91.4 Å². The number of hydrogen-bond donors (Lipinski definition) is 2. The Morgan fingerprint density at radius 1 is 1.53 bits per heavy atom. The van der Waals surface area contributed by atoms with Crippen molar-refractivity contribution in [1.29, 1.82) is 0 Å².